The van der Waals surface area contributed by atoms with Gasteiger partial charge in [-0.15, -0.1) is 0 Å². The van der Waals surface area contributed by atoms with Crippen LogP contribution in [0, 0.1) is 0 Å². The fraction of sp³-hybridized carbons (Fsp3) is 0.250. The third-order valence-electron chi connectivity index (χ3n) is 4.54. The van der Waals surface area contributed by atoms with Crippen LogP contribution in [0.25, 0.3) is 0 Å². The molecule has 2 unspecified atom stereocenters. The van der Waals surface area contributed by atoms with E-state index in [-0.39, 0.29) is 24.8 Å². The van der Waals surface area contributed by atoms with E-state index in [0.717, 1.165) is 9.37 Å². The van der Waals surface area contributed by atoms with Gasteiger partial charge in [-0.1, -0.05) is 46.3 Å². The van der Waals surface area contributed by atoms with Crippen molar-refractivity contribution in [1.29, 1.82) is 0 Å². The van der Waals surface area contributed by atoms with E-state index in [1.54, 1.807) is 48.5 Å². The lowest BCUT2D eigenvalue weighted by atomic mass is 10.1. The molecule has 1 aliphatic rings. The largest absolute Gasteiger partial charge is 0.387 e. The molecular formula is C20H19BrN2O4. The standard InChI is InChI=1S/C20H19BrN2O4/c1-13(24)22(12-18(25)14-5-3-2-4-6-14)17-11-19(26)23(20(17)27)16-9-7-15(21)8-10-16/h2-10,17-18,25H,11-12H2,1H3. The molecule has 0 saturated carbocycles. The van der Waals surface area contributed by atoms with Gasteiger partial charge in [0.2, 0.25) is 11.8 Å². The molecule has 1 fully saturated rings. The summed E-state index contributed by atoms with van der Waals surface area (Å²) in [7, 11) is 0. The highest BCUT2D eigenvalue weighted by atomic mass is 79.9. The molecule has 1 heterocycles. The Labute approximate surface area is 165 Å². The van der Waals surface area contributed by atoms with Gasteiger partial charge < -0.3 is 10.0 Å². The molecule has 7 heteroatoms. The van der Waals surface area contributed by atoms with Gasteiger partial charge in [0.25, 0.3) is 5.91 Å². The maximum atomic E-state index is 12.9. The van der Waals surface area contributed by atoms with Gasteiger partial charge in [-0.3, -0.25) is 14.4 Å². The second-order valence-corrected chi connectivity index (χ2v) is 7.28. The lowest BCUT2D eigenvalue weighted by molar-refractivity contribution is -0.138. The molecule has 2 aromatic rings. The molecule has 0 aliphatic carbocycles. The Kier molecular flexibility index (Phi) is 5.72. The van der Waals surface area contributed by atoms with Crippen LogP contribution in [0.2, 0.25) is 0 Å². The highest BCUT2D eigenvalue weighted by molar-refractivity contribution is 9.10. The van der Waals surface area contributed by atoms with Crippen LogP contribution in [-0.4, -0.2) is 40.3 Å². The van der Waals surface area contributed by atoms with Gasteiger partial charge in [-0.25, -0.2) is 4.90 Å². The zero-order valence-electron chi connectivity index (χ0n) is 14.7. The zero-order chi connectivity index (χ0) is 19.6. The number of hydrogen-bond acceptors (Lipinski definition) is 4. The van der Waals surface area contributed by atoms with Gasteiger partial charge in [0, 0.05) is 11.4 Å². The lowest BCUT2D eigenvalue weighted by Crippen LogP contribution is -2.46. The van der Waals surface area contributed by atoms with Crippen LogP contribution in [-0.2, 0) is 14.4 Å². The number of carbonyl (C=O) groups excluding carboxylic acids is 3. The first kappa shape index (κ1) is 19.3. The molecule has 6 nitrogen and oxygen atoms in total. The second kappa shape index (κ2) is 8.02. The summed E-state index contributed by atoms with van der Waals surface area (Å²) in [4.78, 5) is 39.9. The molecule has 2 atom stereocenters. The van der Waals surface area contributed by atoms with Crippen molar-refractivity contribution in [1.82, 2.24) is 4.90 Å². The van der Waals surface area contributed by atoms with Gasteiger partial charge in [-0.2, -0.15) is 0 Å². The number of aliphatic hydroxyl groups excluding tert-OH is 1. The van der Waals surface area contributed by atoms with E-state index in [2.05, 4.69) is 15.9 Å². The molecule has 140 valence electrons. The molecule has 0 spiro atoms. The monoisotopic (exact) mass is 430 g/mol. The van der Waals surface area contributed by atoms with Crippen LogP contribution in [0.3, 0.4) is 0 Å². The highest BCUT2D eigenvalue weighted by Crippen LogP contribution is 2.28. The van der Waals surface area contributed by atoms with Crippen molar-refractivity contribution in [2.24, 2.45) is 0 Å². The normalized spacial score (nSPS) is 17.9. The Balaban J connectivity index is 1.82. The number of imide groups is 1. The van der Waals surface area contributed by atoms with E-state index < -0.39 is 18.1 Å². The Morgan fingerprint density at radius 2 is 1.81 bits per heavy atom. The van der Waals surface area contributed by atoms with E-state index in [9.17, 15) is 19.5 Å². The van der Waals surface area contributed by atoms with Crippen molar-refractivity contribution >= 4 is 39.3 Å². The van der Waals surface area contributed by atoms with Crippen LogP contribution in [0.4, 0.5) is 5.69 Å². The number of aliphatic hydroxyl groups is 1. The fourth-order valence-corrected chi connectivity index (χ4v) is 3.43. The summed E-state index contributed by atoms with van der Waals surface area (Å²) in [5, 5.41) is 10.5. The van der Waals surface area contributed by atoms with Crippen LogP contribution < -0.4 is 4.90 Å². The van der Waals surface area contributed by atoms with Crippen molar-refractivity contribution in [3.63, 3.8) is 0 Å². The van der Waals surface area contributed by atoms with Gasteiger partial charge in [0.05, 0.1) is 24.8 Å². The minimum atomic E-state index is -0.945. The number of anilines is 1. The molecule has 0 radical (unpaired) electrons. The first-order valence-corrected chi connectivity index (χ1v) is 9.30. The maximum absolute atomic E-state index is 12.9. The van der Waals surface area contributed by atoms with Crippen molar-refractivity contribution in [2.75, 3.05) is 11.4 Å². The molecule has 27 heavy (non-hydrogen) atoms. The SMILES string of the molecule is CC(=O)N(CC(O)c1ccccc1)C1CC(=O)N(c2ccc(Br)cc2)C1=O. The van der Waals surface area contributed by atoms with Crippen LogP contribution in [0.15, 0.2) is 59.1 Å². The summed E-state index contributed by atoms with van der Waals surface area (Å²) in [6.45, 7) is 1.27. The van der Waals surface area contributed by atoms with Crippen molar-refractivity contribution in [3.8, 4) is 0 Å². The molecule has 0 aromatic heterocycles. The third kappa shape index (κ3) is 4.09. The number of halogens is 1. The van der Waals surface area contributed by atoms with Gasteiger partial charge >= 0.3 is 0 Å². The Bertz CT molecular complexity index is 854. The molecule has 3 rings (SSSR count). The Hall–Kier alpha value is -2.51. The third-order valence-corrected chi connectivity index (χ3v) is 5.07. The van der Waals surface area contributed by atoms with Crippen molar-refractivity contribution < 1.29 is 19.5 Å². The molecular weight excluding hydrogens is 412 g/mol. The fourth-order valence-electron chi connectivity index (χ4n) is 3.16. The Morgan fingerprint density at radius 3 is 2.41 bits per heavy atom. The number of hydrogen-bond donors (Lipinski definition) is 1. The average molecular weight is 431 g/mol. The minimum absolute atomic E-state index is 0.0583. The zero-order valence-corrected chi connectivity index (χ0v) is 16.3. The summed E-state index contributed by atoms with van der Waals surface area (Å²) >= 11 is 3.32. The topological polar surface area (TPSA) is 77.9 Å². The quantitative estimate of drug-likeness (QED) is 0.739. The Morgan fingerprint density at radius 1 is 1.19 bits per heavy atom. The number of amides is 3. The van der Waals surface area contributed by atoms with Gasteiger partial charge in [0.1, 0.15) is 6.04 Å². The van der Waals surface area contributed by atoms with E-state index in [4.69, 9.17) is 0 Å². The smallest absolute Gasteiger partial charge is 0.257 e. The van der Waals surface area contributed by atoms with E-state index >= 15 is 0 Å². The number of rotatable bonds is 5. The maximum Gasteiger partial charge on any atom is 0.257 e. The van der Waals surface area contributed by atoms with E-state index in [1.807, 2.05) is 6.07 Å². The summed E-state index contributed by atoms with van der Waals surface area (Å²) in [5.74, 6) is -1.20. The van der Waals surface area contributed by atoms with Crippen LogP contribution >= 0.6 is 15.9 Å². The second-order valence-electron chi connectivity index (χ2n) is 6.36. The first-order valence-electron chi connectivity index (χ1n) is 8.51. The lowest BCUT2D eigenvalue weighted by Gasteiger charge is -2.28. The minimum Gasteiger partial charge on any atom is -0.387 e. The number of nitrogens with zero attached hydrogens (tertiary/aromatic N) is 2. The molecule has 3 amide bonds. The molecule has 1 N–H and O–H groups in total. The number of benzene rings is 2. The molecule has 1 aliphatic heterocycles. The average Bonchev–Trinajstić information content (AvgIpc) is 2.95. The first-order chi connectivity index (χ1) is 12.9. The summed E-state index contributed by atoms with van der Waals surface area (Å²) in [6, 6.07) is 14.8. The van der Waals surface area contributed by atoms with Gasteiger partial charge in [-0.05, 0) is 29.8 Å². The van der Waals surface area contributed by atoms with Gasteiger partial charge in [0.15, 0.2) is 0 Å². The predicted molar refractivity (Wildman–Crippen MR) is 104 cm³/mol. The molecule has 1 saturated heterocycles. The van der Waals surface area contributed by atoms with E-state index in [0.29, 0.717) is 11.3 Å². The molecule has 2 aromatic carbocycles. The summed E-state index contributed by atoms with van der Waals surface area (Å²) in [5.41, 5.74) is 1.10. The van der Waals surface area contributed by atoms with Crippen LogP contribution in [0.5, 0.6) is 0 Å². The van der Waals surface area contributed by atoms with Crippen molar-refractivity contribution in [2.45, 2.75) is 25.5 Å². The summed E-state index contributed by atoms with van der Waals surface area (Å²) < 4.78 is 0.832. The van der Waals surface area contributed by atoms with E-state index in [1.165, 1.54) is 11.8 Å². The van der Waals surface area contributed by atoms with Crippen molar-refractivity contribution in [3.05, 3.63) is 64.6 Å². The summed E-state index contributed by atoms with van der Waals surface area (Å²) in [6.07, 6.45) is -1.05. The number of carbonyl (C=O) groups is 3. The highest BCUT2D eigenvalue weighted by Gasteiger charge is 2.44. The predicted octanol–water partition coefficient (Wildman–Crippen LogP) is 2.66. The van der Waals surface area contributed by atoms with Crippen LogP contribution in [0.1, 0.15) is 25.0 Å². The molecule has 0 bridgehead atoms.